The molecule has 0 aromatic carbocycles. The smallest absolute Gasteiger partial charge is 0.231 e. The molecule has 3 rings (SSSR count). The van der Waals surface area contributed by atoms with Crippen LogP contribution in [0.1, 0.15) is 52.9 Å². The molecule has 2 aliphatic heterocycles. The van der Waals surface area contributed by atoms with Crippen LogP contribution >= 0.6 is 0 Å². The van der Waals surface area contributed by atoms with Crippen molar-refractivity contribution in [2.24, 2.45) is 16.2 Å². The van der Waals surface area contributed by atoms with Crippen molar-refractivity contribution in [3.63, 3.8) is 0 Å². The summed E-state index contributed by atoms with van der Waals surface area (Å²) < 4.78 is 5.47. The molecule has 2 bridgehead atoms. The van der Waals surface area contributed by atoms with Crippen LogP contribution in [0.25, 0.3) is 0 Å². The van der Waals surface area contributed by atoms with Crippen LogP contribution in [0.5, 0.6) is 0 Å². The van der Waals surface area contributed by atoms with Crippen molar-refractivity contribution in [1.82, 2.24) is 10.2 Å². The molecule has 1 N–H and O–H groups in total. The summed E-state index contributed by atoms with van der Waals surface area (Å²) >= 11 is 0. The molecule has 126 valence electrons. The molecular formula is C18H32N2O2. The van der Waals surface area contributed by atoms with Crippen LogP contribution in [0.4, 0.5) is 0 Å². The standard InChI is InChI=1S/C18H32N2O2/c1-16(2)9-14-10-17(3,11-16)12-20(14)15(21)18(13-22-4)5-7-19-8-6-18/h14,19H,5-13H2,1-4H3. The number of likely N-dealkylation sites (tertiary alicyclic amines) is 1. The number of hydrogen-bond acceptors (Lipinski definition) is 3. The summed E-state index contributed by atoms with van der Waals surface area (Å²) in [7, 11) is 1.73. The van der Waals surface area contributed by atoms with Gasteiger partial charge in [-0.2, -0.15) is 0 Å². The fourth-order valence-electron chi connectivity index (χ4n) is 5.60. The van der Waals surface area contributed by atoms with Gasteiger partial charge in [-0.1, -0.05) is 20.8 Å². The van der Waals surface area contributed by atoms with Crippen LogP contribution < -0.4 is 5.32 Å². The van der Waals surface area contributed by atoms with Crippen molar-refractivity contribution >= 4 is 5.91 Å². The molecule has 4 heteroatoms. The Kier molecular flexibility index (Phi) is 4.05. The van der Waals surface area contributed by atoms with E-state index in [4.69, 9.17) is 4.74 Å². The average molecular weight is 308 g/mol. The van der Waals surface area contributed by atoms with E-state index in [1.807, 2.05) is 0 Å². The molecule has 0 aromatic heterocycles. The minimum atomic E-state index is -0.294. The summed E-state index contributed by atoms with van der Waals surface area (Å²) in [5.41, 5.74) is 0.372. The van der Waals surface area contributed by atoms with Crippen molar-refractivity contribution in [1.29, 1.82) is 0 Å². The number of carbonyl (C=O) groups is 1. The molecule has 1 aliphatic carbocycles. The molecule has 2 heterocycles. The van der Waals surface area contributed by atoms with Gasteiger partial charge in [0.1, 0.15) is 0 Å². The zero-order valence-corrected chi connectivity index (χ0v) is 14.7. The van der Waals surface area contributed by atoms with E-state index in [0.29, 0.717) is 29.4 Å². The van der Waals surface area contributed by atoms with Gasteiger partial charge in [0.15, 0.2) is 0 Å². The number of methoxy groups -OCH3 is 1. The largest absolute Gasteiger partial charge is 0.384 e. The van der Waals surface area contributed by atoms with Gasteiger partial charge in [0.05, 0.1) is 12.0 Å². The second-order valence-electron chi connectivity index (χ2n) is 9.11. The number of piperidine rings is 1. The zero-order chi connectivity index (χ0) is 16.0. The maximum atomic E-state index is 13.4. The highest BCUT2D eigenvalue weighted by molar-refractivity contribution is 5.84. The Balaban J connectivity index is 1.82. The molecule has 0 aromatic rings. The van der Waals surface area contributed by atoms with E-state index in [1.165, 1.54) is 12.8 Å². The second kappa shape index (κ2) is 5.48. The van der Waals surface area contributed by atoms with Gasteiger partial charge < -0.3 is 15.0 Å². The minimum absolute atomic E-state index is 0.294. The summed E-state index contributed by atoms with van der Waals surface area (Å²) in [6, 6.07) is 0.435. The van der Waals surface area contributed by atoms with Gasteiger partial charge in [0, 0.05) is 19.7 Å². The van der Waals surface area contributed by atoms with Crippen molar-refractivity contribution in [2.45, 2.75) is 58.9 Å². The first-order valence-electron chi connectivity index (χ1n) is 8.80. The molecule has 2 saturated heterocycles. The first-order valence-corrected chi connectivity index (χ1v) is 8.80. The summed E-state index contributed by atoms with van der Waals surface area (Å²) in [5.74, 6) is 0.363. The van der Waals surface area contributed by atoms with Crippen LogP contribution in [0.2, 0.25) is 0 Å². The average Bonchev–Trinajstić information content (AvgIpc) is 2.68. The van der Waals surface area contributed by atoms with Gasteiger partial charge in [-0.05, 0) is 56.0 Å². The highest BCUT2D eigenvalue weighted by Gasteiger charge is 2.54. The Morgan fingerprint density at radius 2 is 1.91 bits per heavy atom. The van der Waals surface area contributed by atoms with Crippen LogP contribution in [0, 0.1) is 16.2 Å². The van der Waals surface area contributed by atoms with Crippen LogP contribution in [-0.2, 0) is 9.53 Å². The van der Waals surface area contributed by atoms with Crippen molar-refractivity contribution in [2.75, 3.05) is 33.4 Å². The first kappa shape index (κ1) is 16.3. The summed E-state index contributed by atoms with van der Waals surface area (Å²) in [6.45, 7) is 10.5. The quantitative estimate of drug-likeness (QED) is 0.870. The lowest BCUT2D eigenvalue weighted by Crippen LogP contribution is -2.53. The van der Waals surface area contributed by atoms with Gasteiger partial charge in [-0.3, -0.25) is 4.79 Å². The number of ether oxygens (including phenoxy) is 1. The van der Waals surface area contributed by atoms with Gasteiger partial charge in [-0.15, -0.1) is 0 Å². The predicted molar refractivity (Wildman–Crippen MR) is 87.7 cm³/mol. The van der Waals surface area contributed by atoms with Crippen LogP contribution in [0.3, 0.4) is 0 Å². The van der Waals surface area contributed by atoms with E-state index in [-0.39, 0.29) is 5.41 Å². The third kappa shape index (κ3) is 2.80. The van der Waals surface area contributed by atoms with Gasteiger partial charge in [0.2, 0.25) is 5.91 Å². The van der Waals surface area contributed by atoms with E-state index in [9.17, 15) is 4.79 Å². The highest BCUT2D eigenvalue weighted by Crippen LogP contribution is 2.53. The molecule has 1 amide bonds. The third-order valence-electron chi connectivity index (χ3n) is 6.11. The Bertz CT molecular complexity index is 437. The summed E-state index contributed by atoms with van der Waals surface area (Å²) in [4.78, 5) is 15.7. The van der Waals surface area contributed by atoms with E-state index < -0.39 is 0 Å². The van der Waals surface area contributed by atoms with Crippen LogP contribution in [-0.4, -0.2) is 50.2 Å². The number of rotatable bonds is 3. The lowest BCUT2D eigenvalue weighted by molar-refractivity contribution is -0.148. The fraction of sp³-hybridized carbons (Fsp3) is 0.944. The van der Waals surface area contributed by atoms with Gasteiger partial charge >= 0.3 is 0 Å². The van der Waals surface area contributed by atoms with E-state index in [0.717, 1.165) is 38.9 Å². The predicted octanol–water partition coefficient (Wildman–Crippen LogP) is 2.43. The molecule has 1 saturated carbocycles. The van der Waals surface area contributed by atoms with Crippen LogP contribution in [0.15, 0.2) is 0 Å². The molecule has 3 aliphatic rings. The van der Waals surface area contributed by atoms with E-state index in [2.05, 4.69) is 31.0 Å². The lowest BCUT2D eigenvalue weighted by atomic mass is 9.65. The molecule has 0 spiro atoms. The Morgan fingerprint density at radius 1 is 1.23 bits per heavy atom. The number of carbonyl (C=O) groups excluding carboxylic acids is 1. The molecule has 0 radical (unpaired) electrons. The summed E-state index contributed by atoms with van der Waals surface area (Å²) in [6.07, 6.45) is 5.38. The van der Waals surface area contributed by atoms with E-state index in [1.54, 1.807) is 7.11 Å². The number of nitrogens with zero attached hydrogens (tertiary/aromatic N) is 1. The Hall–Kier alpha value is -0.610. The molecule has 4 nitrogen and oxygen atoms in total. The molecule has 22 heavy (non-hydrogen) atoms. The maximum Gasteiger partial charge on any atom is 0.231 e. The summed E-state index contributed by atoms with van der Waals surface area (Å²) in [5, 5.41) is 3.38. The number of hydrogen-bond donors (Lipinski definition) is 1. The topological polar surface area (TPSA) is 41.6 Å². The monoisotopic (exact) mass is 308 g/mol. The SMILES string of the molecule is COCC1(C(=O)N2CC3(C)CC2CC(C)(C)C3)CCNCC1. The highest BCUT2D eigenvalue weighted by atomic mass is 16.5. The Labute approximate surface area is 135 Å². The second-order valence-corrected chi connectivity index (χ2v) is 9.11. The number of nitrogens with one attached hydrogen (secondary N) is 1. The van der Waals surface area contributed by atoms with Crippen molar-refractivity contribution < 1.29 is 9.53 Å². The van der Waals surface area contributed by atoms with Crippen molar-refractivity contribution in [3.05, 3.63) is 0 Å². The third-order valence-corrected chi connectivity index (χ3v) is 6.11. The number of amides is 1. The molecule has 2 unspecified atom stereocenters. The Morgan fingerprint density at radius 3 is 2.55 bits per heavy atom. The number of fused-ring (bicyclic) bond motifs is 2. The van der Waals surface area contributed by atoms with Crippen molar-refractivity contribution in [3.8, 4) is 0 Å². The fourth-order valence-corrected chi connectivity index (χ4v) is 5.60. The van der Waals surface area contributed by atoms with Gasteiger partial charge in [0.25, 0.3) is 0 Å². The first-order chi connectivity index (χ1) is 10.3. The zero-order valence-electron chi connectivity index (χ0n) is 14.7. The lowest BCUT2D eigenvalue weighted by Gasteiger charge is -2.41. The minimum Gasteiger partial charge on any atom is -0.384 e. The van der Waals surface area contributed by atoms with Gasteiger partial charge in [-0.25, -0.2) is 0 Å². The molecular weight excluding hydrogens is 276 g/mol. The van der Waals surface area contributed by atoms with E-state index >= 15 is 0 Å². The molecule has 3 fully saturated rings. The molecule has 2 atom stereocenters. The normalized spacial score (nSPS) is 36.4. The maximum absolute atomic E-state index is 13.4.